The third kappa shape index (κ3) is 10.9. The standard InChI is InChI=1S/C54H54Cl3F2N9O5S/c1-28-29(2)74-52-44(28)47(31-11-14-33(55)15-12-31)63-40(49-67-66-30(3)68(49)52)25-43(69)61-19-21-73-22-20-62-50(70)32-13-18-39(41(23-32)72-7)64-51(71)48-45(35-9-8-10-37(57)46(35)59)54(27-60,42(65-48)26-53(4,5)6)36-17-16-34(56)24-38(36)58/h8-18,23-24,40,42,45,48,65H,19-22,25-26H2,1-7H3,(H,61,69)(H,62,70)(H,64,71)/t40-,42?,45-,48?,54-/m0/s1. The summed E-state index contributed by atoms with van der Waals surface area (Å²) < 4.78 is 45.6. The molecule has 5 atom stereocenters. The Morgan fingerprint density at radius 3 is 2.34 bits per heavy atom. The van der Waals surface area contributed by atoms with Crippen LogP contribution in [0.4, 0.5) is 14.5 Å². The van der Waals surface area contributed by atoms with E-state index in [2.05, 4.69) is 51.4 Å². The molecule has 0 spiro atoms. The topological polar surface area (TPSA) is 185 Å². The Morgan fingerprint density at radius 2 is 1.65 bits per heavy atom. The highest BCUT2D eigenvalue weighted by Gasteiger charge is 2.61. The molecule has 14 nitrogen and oxygen atoms in total. The minimum Gasteiger partial charge on any atom is -0.495 e. The second kappa shape index (κ2) is 22.3. The minimum absolute atomic E-state index is 0.0104. The molecule has 3 amide bonds. The van der Waals surface area contributed by atoms with Gasteiger partial charge in [0.2, 0.25) is 11.8 Å². The van der Waals surface area contributed by atoms with Crippen molar-refractivity contribution in [2.24, 2.45) is 10.4 Å². The molecule has 4 aromatic carbocycles. The summed E-state index contributed by atoms with van der Waals surface area (Å²) in [4.78, 5) is 47.6. The van der Waals surface area contributed by atoms with Gasteiger partial charge in [0.15, 0.2) is 5.82 Å². The van der Waals surface area contributed by atoms with Crippen molar-refractivity contribution in [2.45, 2.75) is 83.8 Å². The third-order valence-corrected chi connectivity index (χ3v) is 15.3. The van der Waals surface area contributed by atoms with E-state index in [1.54, 1.807) is 11.3 Å². The Kier molecular flexibility index (Phi) is 16.3. The van der Waals surface area contributed by atoms with Crippen LogP contribution >= 0.6 is 46.1 Å². The molecule has 2 unspecified atom stereocenters. The average molecular weight is 1090 g/mol. The van der Waals surface area contributed by atoms with Crippen molar-refractivity contribution in [3.8, 4) is 16.8 Å². The van der Waals surface area contributed by atoms with E-state index in [0.29, 0.717) is 16.7 Å². The van der Waals surface area contributed by atoms with Gasteiger partial charge in [-0.15, -0.1) is 21.5 Å². The van der Waals surface area contributed by atoms with Gasteiger partial charge in [0, 0.05) is 62.2 Å². The molecule has 20 heteroatoms. The summed E-state index contributed by atoms with van der Waals surface area (Å²) in [6.45, 7) is 12.5. The summed E-state index contributed by atoms with van der Waals surface area (Å²) in [5.74, 6) is -2.92. The quantitative estimate of drug-likeness (QED) is 0.0685. The van der Waals surface area contributed by atoms with Crippen LogP contribution in [0.15, 0.2) is 83.9 Å². The molecule has 4 N–H and O–H groups in total. The number of aromatic nitrogens is 3. The minimum atomic E-state index is -1.83. The first-order chi connectivity index (χ1) is 35.3. The van der Waals surface area contributed by atoms with E-state index in [4.69, 9.17) is 49.3 Å². The number of benzene rings is 4. The van der Waals surface area contributed by atoms with Gasteiger partial charge in [0.1, 0.15) is 39.7 Å². The predicted molar refractivity (Wildman–Crippen MR) is 283 cm³/mol. The number of methoxy groups -OCH3 is 1. The van der Waals surface area contributed by atoms with Gasteiger partial charge in [-0.25, -0.2) is 8.78 Å². The number of nitriles is 1. The fourth-order valence-electron chi connectivity index (χ4n) is 9.79. The summed E-state index contributed by atoms with van der Waals surface area (Å²) in [5, 5.41) is 33.3. The number of carbonyl (C=O) groups is 3. The third-order valence-electron chi connectivity index (χ3n) is 13.3. The number of fused-ring (bicyclic) bond motifs is 3. The van der Waals surface area contributed by atoms with Crippen molar-refractivity contribution in [3.05, 3.63) is 155 Å². The number of halogens is 5. The zero-order chi connectivity index (χ0) is 53.2. The molecule has 2 aromatic heterocycles. The van der Waals surface area contributed by atoms with Crippen molar-refractivity contribution in [1.29, 1.82) is 5.26 Å². The molecule has 4 heterocycles. The number of rotatable bonds is 16. The summed E-state index contributed by atoms with van der Waals surface area (Å²) in [6, 6.07) is 19.7. The van der Waals surface area contributed by atoms with Crippen molar-refractivity contribution in [1.82, 2.24) is 30.7 Å². The van der Waals surface area contributed by atoms with Crippen LogP contribution in [0.5, 0.6) is 5.75 Å². The molecular formula is C54H54Cl3F2N9O5S. The predicted octanol–water partition coefficient (Wildman–Crippen LogP) is 10.3. The van der Waals surface area contributed by atoms with Gasteiger partial charge in [0.25, 0.3) is 5.91 Å². The van der Waals surface area contributed by atoms with Crippen LogP contribution in [0.25, 0.3) is 5.00 Å². The van der Waals surface area contributed by atoms with E-state index in [1.165, 1.54) is 55.6 Å². The molecule has 1 saturated heterocycles. The van der Waals surface area contributed by atoms with Crippen molar-refractivity contribution in [2.75, 3.05) is 38.7 Å². The molecule has 0 aliphatic carbocycles. The Balaban J connectivity index is 0.893. The fourth-order valence-corrected chi connectivity index (χ4v) is 11.5. The summed E-state index contributed by atoms with van der Waals surface area (Å²) in [6.07, 6.45) is 0.295. The van der Waals surface area contributed by atoms with Crippen molar-refractivity contribution in [3.63, 3.8) is 0 Å². The fraction of sp³-hybridized carbons (Fsp3) is 0.352. The largest absolute Gasteiger partial charge is 0.495 e. The Bertz CT molecular complexity index is 3210. The first kappa shape index (κ1) is 54.0. The van der Waals surface area contributed by atoms with Crippen LogP contribution in [0.1, 0.15) is 100 Å². The van der Waals surface area contributed by atoms with E-state index < -0.39 is 58.3 Å². The SMILES string of the molecule is COc1cc(C(=O)NCCOCCNC(=O)C[C@@H]2N=C(c3ccc(Cl)cc3)c3c(sc(C)c3C)-n3c(C)nnc32)ccc1NC(=O)C1NC(CC(C)(C)C)[C@](C#N)(c2ccc(Cl)cc2F)[C@H]1c1cccc(Cl)c1F. The first-order valence-corrected chi connectivity index (χ1v) is 25.8. The van der Waals surface area contributed by atoms with E-state index in [1.807, 2.05) is 56.5 Å². The van der Waals surface area contributed by atoms with Crippen LogP contribution in [0.3, 0.4) is 0 Å². The monoisotopic (exact) mass is 1080 g/mol. The van der Waals surface area contributed by atoms with Gasteiger partial charge in [-0.3, -0.25) is 23.9 Å². The lowest BCUT2D eigenvalue weighted by Gasteiger charge is -2.37. The van der Waals surface area contributed by atoms with Gasteiger partial charge >= 0.3 is 0 Å². The number of nitrogens with zero attached hydrogens (tertiary/aromatic N) is 5. The van der Waals surface area contributed by atoms with E-state index >= 15 is 8.78 Å². The average Bonchev–Trinajstić information content (AvgIpc) is 3.96. The number of aryl methyl sites for hydroxylation is 2. The maximum absolute atomic E-state index is 16.2. The van der Waals surface area contributed by atoms with Gasteiger partial charge < -0.3 is 30.7 Å². The molecular weight excluding hydrogens is 1030 g/mol. The highest BCUT2D eigenvalue weighted by molar-refractivity contribution is 7.15. The number of amides is 3. The molecule has 6 aromatic rings. The normalized spacial score (nSPS) is 19.1. The molecule has 8 rings (SSSR count). The highest BCUT2D eigenvalue weighted by atomic mass is 35.5. The second-order valence-electron chi connectivity index (χ2n) is 19.4. The summed E-state index contributed by atoms with van der Waals surface area (Å²) in [5.41, 5.74) is 1.68. The number of carbonyl (C=O) groups excluding carboxylic acids is 3. The van der Waals surface area contributed by atoms with Crippen LogP contribution in [-0.2, 0) is 19.7 Å². The number of aliphatic imine (C=N–C) groups is 1. The van der Waals surface area contributed by atoms with Crippen LogP contribution in [0, 0.1) is 49.2 Å². The van der Waals surface area contributed by atoms with Crippen molar-refractivity contribution >= 4 is 75.3 Å². The maximum atomic E-state index is 16.2. The lowest BCUT2D eigenvalue weighted by atomic mass is 9.62. The Labute approximate surface area is 446 Å². The molecule has 74 heavy (non-hydrogen) atoms. The first-order valence-electron chi connectivity index (χ1n) is 23.8. The Hall–Kier alpha value is -6.26. The zero-order valence-electron chi connectivity index (χ0n) is 41.6. The summed E-state index contributed by atoms with van der Waals surface area (Å²) in [7, 11) is 1.37. The summed E-state index contributed by atoms with van der Waals surface area (Å²) >= 11 is 20.3. The van der Waals surface area contributed by atoms with Gasteiger partial charge in [0.05, 0.1) is 55.3 Å². The number of ether oxygens (including phenoxy) is 2. The lowest BCUT2D eigenvalue weighted by molar-refractivity contribution is -0.121. The number of nitrogens with one attached hydrogen (secondary N) is 4. The van der Waals surface area contributed by atoms with E-state index in [9.17, 15) is 19.6 Å². The number of hydrogen-bond acceptors (Lipinski definition) is 11. The second-order valence-corrected chi connectivity index (χ2v) is 21.9. The molecule has 2 aliphatic rings. The van der Waals surface area contributed by atoms with Crippen LogP contribution < -0.4 is 26.0 Å². The van der Waals surface area contributed by atoms with Gasteiger partial charge in [-0.05, 0) is 92.3 Å². The molecule has 0 bridgehead atoms. The van der Waals surface area contributed by atoms with Gasteiger partial charge in [-0.1, -0.05) is 85.9 Å². The molecule has 0 saturated carbocycles. The zero-order valence-corrected chi connectivity index (χ0v) is 44.7. The lowest BCUT2D eigenvalue weighted by Crippen LogP contribution is -2.45. The molecule has 386 valence electrons. The smallest absolute Gasteiger partial charge is 0.251 e. The highest BCUT2D eigenvalue weighted by Crippen LogP contribution is 2.53. The molecule has 2 aliphatic heterocycles. The van der Waals surface area contributed by atoms with Gasteiger partial charge in [-0.2, -0.15) is 5.26 Å². The Morgan fingerprint density at radius 1 is 0.932 bits per heavy atom. The molecule has 0 radical (unpaired) electrons. The number of thiophene rings is 1. The van der Waals surface area contributed by atoms with Crippen LogP contribution in [0.2, 0.25) is 15.1 Å². The van der Waals surface area contributed by atoms with E-state index in [-0.39, 0.29) is 83.2 Å². The van der Waals surface area contributed by atoms with E-state index in [0.717, 1.165) is 38.3 Å². The van der Waals surface area contributed by atoms with Crippen LogP contribution in [-0.4, -0.2) is 83.7 Å². The maximum Gasteiger partial charge on any atom is 0.251 e. The van der Waals surface area contributed by atoms with Crippen molar-refractivity contribution < 1.29 is 32.6 Å². The number of hydrogen-bond donors (Lipinski definition) is 4. The number of anilines is 1. The molecule has 1 fully saturated rings.